The fourth-order valence-electron chi connectivity index (χ4n) is 1.65. The zero-order chi connectivity index (χ0) is 13.7. The van der Waals surface area contributed by atoms with E-state index in [1.165, 1.54) is 12.7 Å². The van der Waals surface area contributed by atoms with Crippen LogP contribution in [-0.4, -0.2) is 37.7 Å². The van der Waals surface area contributed by atoms with E-state index in [1.807, 2.05) is 0 Å². The van der Waals surface area contributed by atoms with Crippen molar-refractivity contribution in [3.05, 3.63) is 12.7 Å². The van der Waals surface area contributed by atoms with Crippen molar-refractivity contribution in [1.82, 2.24) is 25.3 Å². The number of aromatic amines is 1. The summed E-state index contributed by atoms with van der Waals surface area (Å²) in [6.07, 6.45) is 5.64. The molecule has 102 valence electrons. The van der Waals surface area contributed by atoms with Crippen LogP contribution in [0, 0.1) is 0 Å². The van der Waals surface area contributed by atoms with Gasteiger partial charge in [-0.2, -0.15) is 5.06 Å². The molecule has 0 bridgehead atoms. The molecule has 2 amide bonds. The zero-order valence-corrected chi connectivity index (χ0v) is 10.6. The van der Waals surface area contributed by atoms with E-state index in [0.717, 1.165) is 19.3 Å². The fourth-order valence-corrected chi connectivity index (χ4v) is 1.65. The minimum absolute atomic E-state index is 0.0792. The topological polar surface area (TPSA) is 107 Å². The molecule has 0 radical (unpaired) electrons. The number of nitrogens with zero attached hydrogens (tertiary/aromatic N) is 4. The second kappa shape index (κ2) is 6.10. The summed E-state index contributed by atoms with van der Waals surface area (Å²) < 4.78 is 0. The maximum Gasteiger partial charge on any atom is 0.347 e. The Morgan fingerprint density at radius 1 is 1.42 bits per heavy atom. The zero-order valence-electron chi connectivity index (χ0n) is 10.6. The first-order valence-corrected chi connectivity index (χ1v) is 6.15. The van der Waals surface area contributed by atoms with E-state index in [4.69, 9.17) is 0 Å². The van der Waals surface area contributed by atoms with Crippen LogP contribution in [0.2, 0.25) is 0 Å². The Kier molecular flexibility index (Phi) is 4.24. The van der Waals surface area contributed by atoms with Crippen LogP contribution in [-0.2, 0) is 0 Å². The van der Waals surface area contributed by atoms with Crippen LogP contribution in [0.5, 0.6) is 0 Å². The molecule has 8 heteroatoms. The number of unbranched alkanes of at least 4 members (excludes halogenated alkanes) is 2. The summed E-state index contributed by atoms with van der Waals surface area (Å²) in [7, 11) is 0. The lowest BCUT2D eigenvalue weighted by molar-refractivity contribution is 0.203. The average molecular weight is 264 g/mol. The van der Waals surface area contributed by atoms with Crippen LogP contribution >= 0.6 is 0 Å². The highest BCUT2D eigenvalue weighted by Crippen LogP contribution is 2.17. The first-order chi connectivity index (χ1) is 9.24. The number of carbonyl (C=O) groups excluding carboxylic acids is 1. The predicted octanol–water partition coefficient (Wildman–Crippen LogP) is 1.45. The third-order valence-corrected chi connectivity index (χ3v) is 2.65. The van der Waals surface area contributed by atoms with Crippen LogP contribution in [0.15, 0.2) is 12.7 Å². The van der Waals surface area contributed by atoms with Gasteiger partial charge in [0.2, 0.25) is 0 Å². The number of carbonyl (C=O) groups is 1. The minimum Gasteiger partial charge on any atom is -0.340 e. The van der Waals surface area contributed by atoms with Gasteiger partial charge in [-0.3, -0.25) is 5.21 Å². The molecule has 0 saturated heterocycles. The Hall–Kier alpha value is -2.22. The lowest BCUT2D eigenvalue weighted by Crippen LogP contribution is -2.38. The summed E-state index contributed by atoms with van der Waals surface area (Å²) >= 11 is 0. The van der Waals surface area contributed by atoms with Crippen molar-refractivity contribution in [3.8, 4) is 0 Å². The molecule has 0 saturated carbocycles. The van der Waals surface area contributed by atoms with Gasteiger partial charge in [0.25, 0.3) is 0 Å². The monoisotopic (exact) mass is 264 g/mol. The van der Waals surface area contributed by atoms with E-state index < -0.39 is 6.03 Å². The van der Waals surface area contributed by atoms with Crippen LogP contribution in [0.25, 0.3) is 11.2 Å². The molecular formula is C11H16N6O2. The van der Waals surface area contributed by atoms with Gasteiger partial charge in [0.1, 0.15) is 11.8 Å². The Morgan fingerprint density at radius 2 is 2.26 bits per heavy atom. The highest BCUT2D eigenvalue weighted by atomic mass is 16.5. The van der Waals surface area contributed by atoms with E-state index in [0.29, 0.717) is 22.8 Å². The summed E-state index contributed by atoms with van der Waals surface area (Å²) in [5, 5.41) is 12.9. The van der Waals surface area contributed by atoms with Gasteiger partial charge in [-0.05, 0) is 6.42 Å². The highest BCUT2D eigenvalue weighted by molar-refractivity contribution is 5.95. The molecule has 3 N–H and O–H groups in total. The smallest absolute Gasteiger partial charge is 0.340 e. The number of fused-ring (bicyclic) bond motifs is 1. The van der Waals surface area contributed by atoms with Crippen molar-refractivity contribution in [3.63, 3.8) is 0 Å². The van der Waals surface area contributed by atoms with Gasteiger partial charge in [0.05, 0.1) is 6.33 Å². The van der Waals surface area contributed by atoms with Gasteiger partial charge in [-0.25, -0.2) is 19.7 Å². The normalized spacial score (nSPS) is 10.6. The number of amides is 2. The number of hydrogen-bond donors (Lipinski definition) is 3. The maximum absolute atomic E-state index is 11.7. The summed E-state index contributed by atoms with van der Waals surface area (Å²) in [6.45, 7) is 2.59. The summed E-state index contributed by atoms with van der Waals surface area (Å²) in [6, 6.07) is -0.620. The van der Waals surface area contributed by atoms with E-state index in [-0.39, 0.29) is 5.82 Å². The lowest BCUT2D eigenvalue weighted by atomic mass is 10.2. The molecule has 0 unspecified atom stereocenters. The fraction of sp³-hybridized carbons (Fsp3) is 0.455. The van der Waals surface area contributed by atoms with Crippen LogP contribution in [0.3, 0.4) is 0 Å². The Bertz CT molecular complexity index is 555. The number of H-pyrrole nitrogens is 1. The van der Waals surface area contributed by atoms with Crippen LogP contribution in [0.4, 0.5) is 10.6 Å². The molecule has 2 aromatic rings. The van der Waals surface area contributed by atoms with E-state index in [1.54, 1.807) is 0 Å². The highest BCUT2D eigenvalue weighted by Gasteiger charge is 2.18. The third kappa shape index (κ3) is 2.97. The Labute approximate surface area is 109 Å². The number of aromatic nitrogens is 4. The largest absolute Gasteiger partial charge is 0.347 e. The molecule has 2 heterocycles. The number of urea groups is 1. The van der Waals surface area contributed by atoms with E-state index >= 15 is 0 Å². The first kappa shape index (κ1) is 13.2. The molecule has 0 aliphatic rings. The molecule has 8 nitrogen and oxygen atoms in total. The van der Waals surface area contributed by atoms with Gasteiger partial charge in [0.15, 0.2) is 11.5 Å². The molecule has 0 atom stereocenters. The van der Waals surface area contributed by atoms with Crippen molar-refractivity contribution >= 4 is 23.0 Å². The van der Waals surface area contributed by atoms with Gasteiger partial charge < -0.3 is 10.3 Å². The number of imidazole rings is 1. The minimum atomic E-state index is -0.620. The molecule has 0 spiro atoms. The summed E-state index contributed by atoms with van der Waals surface area (Å²) in [4.78, 5) is 26.2. The van der Waals surface area contributed by atoms with Gasteiger partial charge in [-0.15, -0.1) is 0 Å². The van der Waals surface area contributed by atoms with Crippen molar-refractivity contribution in [2.24, 2.45) is 0 Å². The number of rotatable bonds is 5. The van der Waals surface area contributed by atoms with Crippen molar-refractivity contribution in [2.75, 3.05) is 11.6 Å². The van der Waals surface area contributed by atoms with Gasteiger partial charge in [0, 0.05) is 6.54 Å². The Morgan fingerprint density at radius 3 is 3.05 bits per heavy atom. The van der Waals surface area contributed by atoms with E-state index in [2.05, 4.69) is 32.2 Å². The second-order valence-electron chi connectivity index (χ2n) is 4.05. The SMILES string of the molecule is CCCCCNC(=O)N(O)c1ncnc2nc[nH]c12. The molecule has 0 aromatic carbocycles. The summed E-state index contributed by atoms with van der Waals surface area (Å²) in [5.41, 5.74) is 0.802. The van der Waals surface area contributed by atoms with Gasteiger partial charge >= 0.3 is 6.03 Å². The van der Waals surface area contributed by atoms with Crippen LogP contribution in [0.1, 0.15) is 26.2 Å². The van der Waals surface area contributed by atoms with Gasteiger partial charge in [-0.1, -0.05) is 19.8 Å². The number of hydroxylamine groups is 1. The summed E-state index contributed by atoms with van der Waals surface area (Å²) in [5.74, 6) is 0.0792. The second-order valence-corrected chi connectivity index (χ2v) is 4.05. The molecule has 0 fully saturated rings. The quantitative estimate of drug-likeness (QED) is 0.430. The molecular weight excluding hydrogens is 248 g/mol. The number of nitrogens with one attached hydrogen (secondary N) is 2. The molecule has 2 aromatic heterocycles. The average Bonchev–Trinajstić information content (AvgIpc) is 2.90. The number of anilines is 1. The molecule has 2 rings (SSSR count). The van der Waals surface area contributed by atoms with Crippen molar-refractivity contribution < 1.29 is 10.0 Å². The van der Waals surface area contributed by atoms with Crippen molar-refractivity contribution in [1.29, 1.82) is 0 Å². The molecule has 19 heavy (non-hydrogen) atoms. The third-order valence-electron chi connectivity index (χ3n) is 2.65. The molecule has 0 aliphatic heterocycles. The van der Waals surface area contributed by atoms with Crippen LogP contribution < -0.4 is 10.4 Å². The standard InChI is InChI=1S/C11H16N6O2/c1-2-3-4-5-12-11(18)17(19)10-8-9(14-6-13-8)15-7-16-10/h6-7,19H,2-5H2,1H3,(H,12,18)(H,13,14,15,16). The maximum atomic E-state index is 11.7. The predicted molar refractivity (Wildman–Crippen MR) is 68.9 cm³/mol. The molecule has 0 aliphatic carbocycles. The van der Waals surface area contributed by atoms with E-state index in [9.17, 15) is 10.0 Å². The Balaban J connectivity index is 2.04. The first-order valence-electron chi connectivity index (χ1n) is 6.15. The lowest BCUT2D eigenvalue weighted by Gasteiger charge is -2.14. The van der Waals surface area contributed by atoms with Crippen molar-refractivity contribution in [2.45, 2.75) is 26.2 Å². The number of hydrogen-bond acceptors (Lipinski definition) is 5.